The van der Waals surface area contributed by atoms with Crippen LogP contribution < -0.4 is 5.32 Å². The summed E-state index contributed by atoms with van der Waals surface area (Å²) in [6, 6.07) is 0. The number of hydrogen-bond acceptors (Lipinski definition) is 6. The second-order valence-electron chi connectivity index (χ2n) is 4.29. The third-order valence-electron chi connectivity index (χ3n) is 3.09. The molecule has 1 fully saturated rings. The van der Waals surface area contributed by atoms with Gasteiger partial charge in [0.1, 0.15) is 6.54 Å². The molecule has 2 rings (SSSR count). The minimum atomic E-state index is -0.463. The molecule has 0 unspecified atom stereocenters. The van der Waals surface area contributed by atoms with Crippen LogP contribution in [-0.2, 0) is 4.79 Å². The number of nitro groups is 1. The average Bonchev–Trinajstić information content (AvgIpc) is 2.39. The summed E-state index contributed by atoms with van der Waals surface area (Å²) in [6.45, 7) is 4.85. The highest BCUT2D eigenvalue weighted by molar-refractivity contribution is 5.96. The summed E-state index contributed by atoms with van der Waals surface area (Å²) in [4.78, 5) is 21.9. The van der Waals surface area contributed by atoms with E-state index in [2.05, 4.69) is 5.32 Å². The van der Waals surface area contributed by atoms with Crippen LogP contribution in [0.5, 0.6) is 0 Å². The van der Waals surface area contributed by atoms with E-state index in [1.54, 1.807) is 6.20 Å². The summed E-state index contributed by atoms with van der Waals surface area (Å²) in [6.07, 6.45) is 3.28. The number of hydrazine groups is 1. The first-order valence-corrected chi connectivity index (χ1v) is 5.88. The second-order valence-corrected chi connectivity index (χ2v) is 4.29. The fourth-order valence-corrected chi connectivity index (χ4v) is 2.13. The third kappa shape index (κ3) is 2.57. The van der Waals surface area contributed by atoms with Gasteiger partial charge in [0, 0.05) is 32.4 Å². The first kappa shape index (κ1) is 12.7. The molecular weight excluding hydrogens is 236 g/mol. The molecule has 7 heteroatoms. The van der Waals surface area contributed by atoms with E-state index < -0.39 is 4.92 Å². The zero-order valence-corrected chi connectivity index (χ0v) is 10.3. The standard InChI is InChI=1S/C11H16N4O3/c1-9(16)10-2-5-14(8-11(10)15(17)18)13-6-3-12-4-7-13/h2,5,12H,3-4,6-8H2,1H3. The molecule has 0 spiro atoms. The molecule has 0 aliphatic carbocycles. The van der Waals surface area contributed by atoms with Crippen molar-refractivity contribution in [2.75, 3.05) is 32.7 Å². The Morgan fingerprint density at radius 1 is 1.44 bits per heavy atom. The predicted octanol–water partition coefficient (Wildman–Crippen LogP) is -0.244. The Labute approximate surface area is 105 Å². The lowest BCUT2D eigenvalue weighted by Crippen LogP contribution is -2.51. The number of carbonyl (C=O) groups excluding carboxylic acids is 1. The van der Waals surface area contributed by atoms with E-state index in [0.29, 0.717) is 0 Å². The summed E-state index contributed by atoms with van der Waals surface area (Å²) in [5.41, 5.74) is 0.176. The van der Waals surface area contributed by atoms with Crippen LogP contribution in [0, 0.1) is 10.1 Å². The van der Waals surface area contributed by atoms with Gasteiger partial charge in [0.25, 0.3) is 5.70 Å². The van der Waals surface area contributed by atoms with Crippen LogP contribution in [0.3, 0.4) is 0 Å². The summed E-state index contributed by atoms with van der Waals surface area (Å²) in [5, 5.41) is 18.1. The van der Waals surface area contributed by atoms with E-state index in [0.717, 1.165) is 26.2 Å². The molecular formula is C11H16N4O3. The van der Waals surface area contributed by atoms with Crippen molar-refractivity contribution >= 4 is 5.78 Å². The Balaban J connectivity index is 2.16. The molecule has 0 amide bonds. The van der Waals surface area contributed by atoms with Gasteiger partial charge in [0.2, 0.25) is 0 Å². The fourth-order valence-electron chi connectivity index (χ4n) is 2.13. The van der Waals surface area contributed by atoms with E-state index >= 15 is 0 Å². The molecule has 1 N–H and O–H groups in total. The smallest absolute Gasteiger partial charge is 0.277 e. The first-order chi connectivity index (χ1) is 8.59. The number of carbonyl (C=O) groups is 1. The van der Waals surface area contributed by atoms with Crippen molar-refractivity contribution in [3.63, 3.8) is 0 Å². The molecule has 0 saturated carbocycles. The van der Waals surface area contributed by atoms with Crippen molar-refractivity contribution in [2.45, 2.75) is 6.92 Å². The number of rotatable bonds is 3. The van der Waals surface area contributed by atoms with E-state index in [9.17, 15) is 14.9 Å². The molecule has 98 valence electrons. The van der Waals surface area contributed by atoms with Gasteiger partial charge >= 0.3 is 0 Å². The SMILES string of the molecule is CC(=O)C1=C([N+](=O)[O-])CN(N2CCNCC2)C=C1. The van der Waals surface area contributed by atoms with Crippen LogP contribution >= 0.6 is 0 Å². The Morgan fingerprint density at radius 3 is 2.67 bits per heavy atom. The minimum Gasteiger partial charge on any atom is -0.314 e. The average molecular weight is 252 g/mol. The molecule has 0 atom stereocenters. The molecule has 2 aliphatic rings. The highest BCUT2D eigenvalue weighted by Gasteiger charge is 2.28. The van der Waals surface area contributed by atoms with E-state index in [-0.39, 0.29) is 23.6 Å². The monoisotopic (exact) mass is 252 g/mol. The van der Waals surface area contributed by atoms with E-state index in [1.807, 2.05) is 10.0 Å². The van der Waals surface area contributed by atoms with Crippen molar-refractivity contribution in [3.8, 4) is 0 Å². The lowest BCUT2D eigenvalue weighted by atomic mass is 10.1. The molecule has 7 nitrogen and oxygen atoms in total. The zero-order valence-electron chi connectivity index (χ0n) is 10.3. The molecule has 2 aliphatic heterocycles. The highest BCUT2D eigenvalue weighted by Crippen LogP contribution is 2.18. The first-order valence-electron chi connectivity index (χ1n) is 5.88. The highest BCUT2D eigenvalue weighted by atomic mass is 16.6. The Kier molecular flexibility index (Phi) is 3.73. The largest absolute Gasteiger partial charge is 0.314 e. The number of piperazine rings is 1. The lowest BCUT2D eigenvalue weighted by molar-refractivity contribution is -0.430. The number of ketones is 1. The molecule has 1 saturated heterocycles. The van der Waals surface area contributed by atoms with Gasteiger partial charge in [-0.15, -0.1) is 0 Å². The van der Waals surface area contributed by atoms with Gasteiger partial charge in [-0.05, 0) is 13.0 Å². The Hall–Kier alpha value is -1.73. The normalized spacial score (nSPS) is 21.3. The maximum atomic E-state index is 11.3. The van der Waals surface area contributed by atoms with Gasteiger partial charge in [0.05, 0.1) is 10.5 Å². The predicted molar refractivity (Wildman–Crippen MR) is 65.0 cm³/mol. The van der Waals surface area contributed by atoms with E-state index in [1.165, 1.54) is 13.0 Å². The van der Waals surface area contributed by atoms with Crippen LogP contribution in [0.15, 0.2) is 23.5 Å². The third-order valence-corrected chi connectivity index (χ3v) is 3.09. The van der Waals surface area contributed by atoms with Crippen LogP contribution in [0.4, 0.5) is 0 Å². The Morgan fingerprint density at radius 2 is 2.11 bits per heavy atom. The molecule has 0 bridgehead atoms. The Bertz CT molecular complexity index is 424. The van der Waals surface area contributed by atoms with Crippen LogP contribution in [0.25, 0.3) is 0 Å². The topological polar surface area (TPSA) is 78.7 Å². The van der Waals surface area contributed by atoms with Crippen molar-refractivity contribution < 1.29 is 9.72 Å². The van der Waals surface area contributed by atoms with Crippen LogP contribution in [0.2, 0.25) is 0 Å². The zero-order chi connectivity index (χ0) is 13.1. The maximum Gasteiger partial charge on any atom is 0.277 e. The van der Waals surface area contributed by atoms with Crippen LogP contribution in [-0.4, -0.2) is 53.4 Å². The number of Topliss-reactive ketones (excluding diaryl/α,β-unsaturated/α-hetero) is 1. The van der Waals surface area contributed by atoms with Gasteiger partial charge < -0.3 is 10.3 Å². The summed E-state index contributed by atoms with van der Waals surface area (Å²) in [7, 11) is 0. The quantitative estimate of drug-likeness (QED) is 0.551. The molecule has 0 aromatic rings. The van der Waals surface area contributed by atoms with Crippen molar-refractivity contribution in [1.82, 2.24) is 15.3 Å². The van der Waals surface area contributed by atoms with Gasteiger partial charge in [-0.1, -0.05) is 0 Å². The van der Waals surface area contributed by atoms with Crippen molar-refractivity contribution in [3.05, 3.63) is 33.7 Å². The van der Waals surface area contributed by atoms with Gasteiger partial charge in [-0.3, -0.25) is 14.9 Å². The second kappa shape index (κ2) is 5.28. The van der Waals surface area contributed by atoms with Crippen molar-refractivity contribution in [2.24, 2.45) is 0 Å². The number of nitrogens with zero attached hydrogens (tertiary/aromatic N) is 3. The number of hydrogen-bond donors (Lipinski definition) is 1. The fraction of sp³-hybridized carbons (Fsp3) is 0.545. The lowest BCUT2D eigenvalue weighted by Gasteiger charge is -2.37. The van der Waals surface area contributed by atoms with Crippen LogP contribution in [0.1, 0.15) is 6.92 Å². The van der Waals surface area contributed by atoms with E-state index in [4.69, 9.17) is 0 Å². The van der Waals surface area contributed by atoms with Gasteiger partial charge in [0.15, 0.2) is 5.78 Å². The summed E-state index contributed by atoms with van der Waals surface area (Å²) < 4.78 is 0. The molecule has 0 aromatic carbocycles. The molecule has 18 heavy (non-hydrogen) atoms. The summed E-state index contributed by atoms with van der Waals surface area (Å²) in [5.74, 6) is -0.266. The maximum absolute atomic E-state index is 11.3. The number of nitrogens with one attached hydrogen (secondary N) is 1. The molecule has 2 heterocycles. The van der Waals surface area contributed by atoms with Gasteiger partial charge in [-0.25, -0.2) is 5.01 Å². The number of allylic oxidation sites excluding steroid dienone is 2. The molecule has 0 radical (unpaired) electrons. The molecule has 0 aromatic heterocycles. The van der Waals surface area contributed by atoms with Gasteiger partial charge in [-0.2, -0.15) is 0 Å². The van der Waals surface area contributed by atoms with Crippen molar-refractivity contribution in [1.29, 1.82) is 0 Å². The minimum absolute atomic E-state index is 0.0245. The summed E-state index contributed by atoms with van der Waals surface area (Å²) >= 11 is 0.